The first-order chi connectivity index (χ1) is 14.6. The van der Waals surface area contributed by atoms with E-state index in [1.807, 2.05) is 0 Å². The second-order valence-electron chi connectivity index (χ2n) is 8.86. The van der Waals surface area contributed by atoms with E-state index in [1.165, 1.54) is 46.3 Å². The van der Waals surface area contributed by atoms with Crippen LogP contribution in [0.1, 0.15) is 70.9 Å². The van der Waals surface area contributed by atoms with Crippen LogP contribution in [0.5, 0.6) is 0 Å². The number of hydrogen-bond donors (Lipinski definition) is 0. The van der Waals surface area contributed by atoms with Gasteiger partial charge in [-0.1, -0.05) is 77.0 Å². The van der Waals surface area contributed by atoms with Gasteiger partial charge in [-0.05, 0) is 53.5 Å². The maximum Gasteiger partial charge on any atom is 0.0997 e. The molecule has 2 atom stereocenters. The SMILES string of the molecule is CCC(C)C/C(=C1\C=CC=C[CH+]1)c1cccc(/C(CC(C)CC)=C2/C=CC=CC2)c1. The molecule has 0 amide bonds. The minimum absolute atomic E-state index is 0.674. The molecule has 0 saturated heterocycles. The molecule has 0 aliphatic heterocycles. The zero-order chi connectivity index (χ0) is 21.3. The van der Waals surface area contributed by atoms with E-state index < -0.39 is 0 Å². The highest BCUT2D eigenvalue weighted by Crippen LogP contribution is 2.35. The lowest BCUT2D eigenvalue weighted by atomic mass is 9.84. The van der Waals surface area contributed by atoms with Gasteiger partial charge < -0.3 is 0 Å². The highest BCUT2D eigenvalue weighted by molar-refractivity contribution is 5.79. The molecular formula is C30H37+. The van der Waals surface area contributed by atoms with Crippen LogP contribution in [-0.4, -0.2) is 0 Å². The van der Waals surface area contributed by atoms with Crippen LogP contribution in [0.15, 0.2) is 84.0 Å². The van der Waals surface area contributed by atoms with E-state index in [0.717, 1.165) is 19.3 Å². The largest absolute Gasteiger partial charge is 0.0997 e. The molecule has 0 heteroatoms. The number of allylic oxidation sites excluding steroid dienone is 12. The zero-order valence-corrected chi connectivity index (χ0v) is 19.2. The molecule has 0 N–H and O–H groups in total. The predicted molar refractivity (Wildman–Crippen MR) is 134 cm³/mol. The Bertz CT molecular complexity index is 826. The molecule has 1 aromatic rings. The molecule has 0 heterocycles. The van der Waals surface area contributed by atoms with E-state index in [0.29, 0.717) is 11.8 Å². The molecule has 0 nitrogen and oxygen atoms in total. The fourth-order valence-electron chi connectivity index (χ4n) is 4.09. The Morgan fingerprint density at radius 2 is 1.53 bits per heavy atom. The van der Waals surface area contributed by atoms with E-state index in [9.17, 15) is 0 Å². The van der Waals surface area contributed by atoms with Crippen molar-refractivity contribution in [2.24, 2.45) is 11.8 Å². The van der Waals surface area contributed by atoms with Crippen LogP contribution >= 0.6 is 0 Å². The molecule has 0 radical (unpaired) electrons. The van der Waals surface area contributed by atoms with Crippen LogP contribution in [0.25, 0.3) is 11.1 Å². The van der Waals surface area contributed by atoms with Gasteiger partial charge in [0.15, 0.2) is 0 Å². The summed E-state index contributed by atoms with van der Waals surface area (Å²) in [5.41, 5.74) is 8.57. The van der Waals surface area contributed by atoms with Gasteiger partial charge in [-0.3, -0.25) is 0 Å². The fraction of sp³-hybridized carbons (Fsp3) is 0.367. The predicted octanol–water partition coefficient (Wildman–Crippen LogP) is 8.91. The van der Waals surface area contributed by atoms with Crippen molar-refractivity contribution in [2.45, 2.75) is 59.8 Å². The third-order valence-corrected chi connectivity index (χ3v) is 6.45. The summed E-state index contributed by atoms with van der Waals surface area (Å²) in [6, 6.07) is 9.31. The van der Waals surface area contributed by atoms with Crippen molar-refractivity contribution in [1.82, 2.24) is 0 Å². The third kappa shape index (κ3) is 5.79. The van der Waals surface area contributed by atoms with Crippen molar-refractivity contribution in [3.8, 4) is 0 Å². The Hall–Kier alpha value is -2.47. The summed E-state index contributed by atoms with van der Waals surface area (Å²) in [6.45, 7) is 9.33. The number of rotatable bonds is 8. The Kier molecular flexibility index (Phi) is 8.20. The molecule has 30 heavy (non-hydrogen) atoms. The van der Waals surface area contributed by atoms with Gasteiger partial charge in [-0.15, -0.1) is 0 Å². The molecule has 2 unspecified atom stereocenters. The van der Waals surface area contributed by atoms with Crippen LogP contribution < -0.4 is 0 Å². The zero-order valence-electron chi connectivity index (χ0n) is 19.2. The summed E-state index contributed by atoms with van der Waals surface area (Å²) >= 11 is 0. The van der Waals surface area contributed by atoms with E-state index in [1.54, 1.807) is 0 Å². The molecule has 0 fully saturated rings. The van der Waals surface area contributed by atoms with Crippen molar-refractivity contribution in [2.75, 3.05) is 0 Å². The smallest absolute Gasteiger partial charge is 0.0801 e. The van der Waals surface area contributed by atoms with Gasteiger partial charge in [0.25, 0.3) is 0 Å². The van der Waals surface area contributed by atoms with Crippen LogP contribution in [0.2, 0.25) is 0 Å². The van der Waals surface area contributed by atoms with E-state index in [2.05, 4.69) is 107 Å². The van der Waals surface area contributed by atoms with Crippen molar-refractivity contribution < 1.29 is 0 Å². The van der Waals surface area contributed by atoms with Crippen LogP contribution in [-0.2, 0) is 0 Å². The molecule has 1 aromatic carbocycles. The van der Waals surface area contributed by atoms with E-state index >= 15 is 0 Å². The summed E-state index contributed by atoms with van der Waals surface area (Å²) in [6.07, 6.45) is 25.6. The molecule has 2 aliphatic rings. The first-order valence-corrected chi connectivity index (χ1v) is 11.7. The molecule has 2 aliphatic carbocycles. The van der Waals surface area contributed by atoms with Crippen LogP contribution in [0.4, 0.5) is 0 Å². The summed E-state index contributed by atoms with van der Waals surface area (Å²) in [5, 5.41) is 0. The molecule has 0 saturated carbocycles. The minimum atomic E-state index is 0.674. The van der Waals surface area contributed by atoms with Crippen molar-refractivity contribution in [3.63, 3.8) is 0 Å². The number of hydrogen-bond acceptors (Lipinski definition) is 0. The normalized spacial score (nSPS) is 20.7. The van der Waals surface area contributed by atoms with Gasteiger partial charge in [0, 0.05) is 48.3 Å². The first kappa shape index (κ1) is 22.2. The molecular weight excluding hydrogens is 360 g/mol. The second-order valence-corrected chi connectivity index (χ2v) is 8.86. The van der Waals surface area contributed by atoms with Gasteiger partial charge in [0.1, 0.15) is 0 Å². The second kappa shape index (κ2) is 11.1. The van der Waals surface area contributed by atoms with Crippen molar-refractivity contribution in [1.29, 1.82) is 0 Å². The lowest BCUT2D eigenvalue weighted by Crippen LogP contribution is -2.02. The maximum absolute atomic E-state index is 2.45. The lowest BCUT2D eigenvalue weighted by Gasteiger charge is -2.19. The quantitative estimate of drug-likeness (QED) is 0.384. The summed E-state index contributed by atoms with van der Waals surface area (Å²) in [4.78, 5) is 0. The topological polar surface area (TPSA) is 0 Å². The average Bonchev–Trinajstić information content (AvgIpc) is 2.81. The summed E-state index contributed by atoms with van der Waals surface area (Å²) < 4.78 is 0. The Labute approximate surface area is 184 Å². The Balaban J connectivity index is 2.05. The molecule has 0 bridgehead atoms. The highest BCUT2D eigenvalue weighted by atomic mass is 14.2. The molecule has 3 rings (SSSR count). The van der Waals surface area contributed by atoms with Gasteiger partial charge in [0.05, 0.1) is 5.57 Å². The maximum atomic E-state index is 2.45. The Morgan fingerprint density at radius 3 is 2.13 bits per heavy atom. The molecule has 0 aromatic heterocycles. The van der Waals surface area contributed by atoms with Gasteiger partial charge in [-0.2, -0.15) is 0 Å². The van der Waals surface area contributed by atoms with Gasteiger partial charge in [-0.25, -0.2) is 0 Å². The van der Waals surface area contributed by atoms with Gasteiger partial charge in [0.2, 0.25) is 0 Å². The monoisotopic (exact) mass is 397 g/mol. The Morgan fingerprint density at radius 1 is 0.867 bits per heavy atom. The van der Waals surface area contributed by atoms with Crippen LogP contribution in [0, 0.1) is 18.3 Å². The van der Waals surface area contributed by atoms with Crippen LogP contribution in [0.3, 0.4) is 0 Å². The van der Waals surface area contributed by atoms with E-state index in [4.69, 9.17) is 0 Å². The minimum Gasteiger partial charge on any atom is -0.0801 e. The average molecular weight is 398 g/mol. The third-order valence-electron chi connectivity index (χ3n) is 6.45. The fourth-order valence-corrected chi connectivity index (χ4v) is 4.09. The van der Waals surface area contributed by atoms with Crippen molar-refractivity contribution >= 4 is 11.1 Å². The molecule has 0 spiro atoms. The van der Waals surface area contributed by atoms with Crippen molar-refractivity contribution in [3.05, 3.63) is 102 Å². The molecule has 156 valence electrons. The van der Waals surface area contributed by atoms with E-state index in [-0.39, 0.29) is 0 Å². The highest BCUT2D eigenvalue weighted by Gasteiger charge is 2.19. The number of benzene rings is 1. The lowest BCUT2D eigenvalue weighted by molar-refractivity contribution is 0.578. The first-order valence-electron chi connectivity index (χ1n) is 11.7. The standard InChI is InChI=1S/C30H37/c1-5-23(3)20-29(25-14-9-7-10-15-25)27-18-13-19-28(22-27)30(21-24(4)6-2)26-16-11-8-12-17-26/h7-16,18-19,22-24H,5-6,17,20-21H2,1-4H3/q+1/b30-26-. The van der Waals surface area contributed by atoms with Gasteiger partial charge >= 0.3 is 0 Å². The summed E-state index contributed by atoms with van der Waals surface area (Å²) in [7, 11) is 0. The summed E-state index contributed by atoms with van der Waals surface area (Å²) in [5.74, 6) is 1.36.